The summed E-state index contributed by atoms with van der Waals surface area (Å²) in [6.07, 6.45) is -0.238. The number of carbonyl (C=O) groups is 2. The number of methoxy groups -OCH3 is 1. The van der Waals surface area contributed by atoms with Crippen molar-refractivity contribution in [3.63, 3.8) is 0 Å². The largest absolute Gasteiger partial charge is 0.469 e. The number of esters is 1. The van der Waals surface area contributed by atoms with E-state index in [9.17, 15) is 9.59 Å². The lowest BCUT2D eigenvalue weighted by atomic mass is 10.0. The number of hydrogen-bond acceptors (Lipinski definition) is 5. The van der Waals surface area contributed by atoms with E-state index in [4.69, 9.17) is 9.47 Å². The Morgan fingerprint density at radius 1 is 1.04 bits per heavy atom. The van der Waals surface area contributed by atoms with Crippen LogP contribution in [0, 0.1) is 0 Å². The second kappa shape index (κ2) is 9.19. The molecular weight excluding hydrogens is 346 g/mol. The van der Waals surface area contributed by atoms with E-state index in [0.29, 0.717) is 6.42 Å². The number of rotatable bonds is 8. The molecule has 6 nitrogen and oxygen atoms in total. The van der Waals surface area contributed by atoms with Crippen molar-refractivity contribution in [3.05, 3.63) is 71.8 Å². The lowest BCUT2D eigenvalue weighted by Crippen LogP contribution is -2.41. The van der Waals surface area contributed by atoms with Crippen molar-refractivity contribution in [2.75, 3.05) is 7.11 Å². The van der Waals surface area contributed by atoms with Crippen LogP contribution in [-0.4, -0.2) is 37.4 Å². The van der Waals surface area contributed by atoms with Crippen LogP contribution in [0.4, 0.5) is 4.79 Å². The molecule has 1 fully saturated rings. The average Bonchev–Trinajstić information content (AvgIpc) is 3.46. The highest BCUT2D eigenvalue weighted by Gasteiger charge is 2.46. The maximum absolute atomic E-state index is 12.3. The van der Waals surface area contributed by atoms with Crippen LogP contribution in [0.5, 0.6) is 0 Å². The molecule has 1 saturated heterocycles. The Bertz CT molecular complexity index is 750. The van der Waals surface area contributed by atoms with Crippen molar-refractivity contribution in [2.45, 2.75) is 37.7 Å². The van der Waals surface area contributed by atoms with E-state index in [-0.39, 0.29) is 37.2 Å². The third-order valence-electron chi connectivity index (χ3n) is 4.43. The van der Waals surface area contributed by atoms with Gasteiger partial charge in [0.2, 0.25) is 0 Å². The Labute approximate surface area is 158 Å². The summed E-state index contributed by atoms with van der Waals surface area (Å²) in [5, 5.41) is 2.88. The monoisotopic (exact) mass is 369 g/mol. The van der Waals surface area contributed by atoms with Crippen molar-refractivity contribution in [3.8, 4) is 0 Å². The van der Waals surface area contributed by atoms with E-state index in [1.807, 2.05) is 60.7 Å². The third kappa shape index (κ3) is 5.82. The summed E-state index contributed by atoms with van der Waals surface area (Å²) in [5.41, 5.74) is 1.98. The fraction of sp³-hybridized carbons (Fsp3) is 0.333. The van der Waals surface area contributed by atoms with Gasteiger partial charge in [-0.1, -0.05) is 60.7 Å². The molecule has 0 aromatic heterocycles. The predicted molar refractivity (Wildman–Crippen MR) is 99.0 cm³/mol. The van der Waals surface area contributed by atoms with Gasteiger partial charge in [0.1, 0.15) is 12.7 Å². The van der Waals surface area contributed by atoms with Gasteiger partial charge in [-0.25, -0.2) is 4.79 Å². The van der Waals surface area contributed by atoms with Crippen LogP contribution < -0.4 is 5.32 Å². The normalized spacial score (nSPS) is 19.0. The van der Waals surface area contributed by atoms with Crippen LogP contribution in [0.2, 0.25) is 0 Å². The first-order valence-corrected chi connectivity index (χ1v) is 8.89. The average molecular weight is 369 g/mol. The third-order valence-corrected chi connectivity index (χ3v) is 4.43. The van der Waals surface area contributed by atoms with Crippen molar-refractivity contribution < 1.29 is 23.8 Å². The number of alkyl carbamates (subject to hydrolysis) is 1. The fourth-order valence-corrected chi connectivity index (χ4v) is 2.96. The lowest BCUT2D eigenvalue weighted by Gasteiger charge is -2.17. The molecule has 0 bridgehead atoms. The van der Waals surface area contributed by atoms with E-state index in [0.717, 1.165) is 11.1 Å². The first kappa shape index (κ1) is 18.9. The first-order chi connectivity index (χ1) is 13.2. The van der Waals surface area contributed by atoms with Gasteiger partial charge < -0.3 is 19.5 Å². The molecule has 3 rings (SSSR count). The van der Waals surface area contributed by atoms with E-state index < -0.39 is 6.09 Å². The van der Waals surface area contributed by atoms with Crippen molar-refractivity contribution >= 4 is 12.1 Å². The standard InChI is InChI=1S/C21H23NO5/c1-25-19(23)13-18-20(27-18)17(12-15-8-4-2-5-9-15)22-21(24)26-14-16-10-6-3-7-11-16/h2-11,17-18,20H,12-14H2,1H3,(H,22,24)/t17-,18?,20?/m0/s1. The highest BCUT2D eigenvalue weighted by Crippen LogP contribution is 2.30. The molecule has 0 radical (unpaired) electrons. The molecule has 1 aliphatic rings. The maximum atomic E-state index is 12.3. The minimum atomic E-state index is -0.507. The number of carbonyl (C=O) groups excluding carboxylic acids is 2. The minimum Gasteiger partial charge on any atom is -0.469 e. The van der Waals surface area contributed by atoms with Gasteiger partial charge in [-0.05, 0) is 17.5 Å². The molecule has 27 heavy (non-hydrogen) atoms. The number of amides is 1. The Balaban J connectivity index is 1.58. The Kier molecular flexibility index (Phi) is 6.44. The molecular formula is C21H23NO5. The van der Waals surface area contributed by atoms with E-state index in [1.54, 1.807) is 0 Å². The van der Waals surface area contributed by atoms with Crippen LogP contribution in [0.3, 0.4) is 0 Å². The molecule has 2 aromatic carbocycles. The molecule has 142 valence electrons. The topological polar surface area (TPSA) is 77.2 Å². The summed E-state index contributed by atoms with van der Waals surface area (Å²) in [5.74, 6) is -0.326. The first-order valence-electron chi connectivity index (χ1n) is 8.89. The van der Waals surface area contributed by atoms with Crippen molar-refractivity contribution in [2.24, 2.45) is 0 Å². The van der Waals surface area contributed by atoms with E-state index in [1.165, 1.54) is 7.11 Å². The van der Waals surface area contributed by atoms with Crippen LogP contribution in [-0.2, 0) is 32.0 Å². The number of hydrogen-bond donors (Lipinski definition) is 1. The molecule has 3 atom stereocenters. The molecule has 1 amide bonds. The zero-order chi connectivity index (χ0) is 19.1. The second-order valence-electron chi connectivity index (χ2n) is 6.42. The zero-order valence-corrected chi connectivity index (χ0v) is 15.2. The molecule has 1 aliphatic heterocycles. The molecule has 2 unspecified atom stereocenters. The summed E-state index contributed by atoms with van der Waals surface area (Å²) in [7, 11) is 1.35. The maximum Gasteiger partial charge on any atom is 0.407 e. The summed E-state index contributed by atoms with van der Waals surface area (Å²) in [4.78, 5) is 23.7. The SMILES string of the molecule is COC(=O)CC1OC1[C@H](Cc1ccccc1)NC(=O)OCc1ccccc1. The van der Waals surface area contributed by atoms with Crippen molar-refractivity contribution in [1.29, 1.82) is 0 Å². The summed E-state index contributed by atoms with van der Waals surface area (Å²) >= 11 is 0. The van der Waals surface area contributed by atoms with Crippen LogP contribution in [0.25, 0.3) is 0 Å². The Morgan fingerprint density at radius 3 is 2.30 bits per heavy atom. The quantitative estimate of drug-likeness (QED) is 0.572. The van der Waals surface area contributed by atoms with Crippen LogP contribution in [0.1, 0.15) is 17.5 Å². The van der Waals surface area contributed by atoms with Gasteiger partial charge in [0, 0.05) is 0 Å². The number of epoxide rings is 1. The molecule has 2 aromatic rings. The number of benzene rings is 2. The molecule has 0 saturated carbocycles. The lowest BCUT2D eigenvalue weighted by molar-refractivity contribution is -0.140. The summed E-state index contributed by atoms with van der Waals surface area (Å²) < 4.78 is 15.6. The Morgan fingerprint density at radius 2 is 1.67 bits per heavy atom. The van der Waals surface area contributed by atoms with Crippen molar-refractivity contribution in [1.82, 2.24) is 5.32 Å². The van der Waals surface area contributed by atoms with Gasteiger partial charge in [-0.2, -0.15) is 0 Å². The number of ether oxygens (including phenoxy) is 3. The summed E-state index contributed by atoms with van der Waals surface area (Å²) in [6, 6.07) is 19.0. The van der Waals surface area contributed by atoms with Gasteiger partial charge in [0.05, 0.1) is 25.7 Å². The molecule has 0 spiro atoms. The van der Waals surface area contributed by atoms with E-state index >= 15 is 0 Å². The highest BCUT2D eigenvalue weighted by atomic mass is 16.6. The fourth-order valence-electron chi connectivity index (χ4n) is 2.96. The van der Waals surface area contributed by atoms with E-state index in [2.05, 4.69) is 10.1 Å². The highest BCUT2D eigenvalue weighted by molar-refractivity contribution is 5.70. The number of nitrogens with one attached hydrogen (secondary N) is 1. The Hall–Kier alpha value is -2.86. The zero-order valence-electron chi connectivity index (χ0n) is 15.2. The van der Waals surface area contributed by atoms with Crippen LogP contribution >= 0.6 is 0 Å². The minimum absolute atomic E-state index is 0.174. The molecule has 1 N–H and O–H groups in total. The van der Waals surface area contributed by atoms with Gasteiger partial charge in [-0.3, -0.25) is 4.79 Å². The van der Waals surface area contributed by atoms with Gasteiger partial charge in [0.15, 0.2) is 0 Å². The smallest absolute Gasteiger partial charge is 0.407 e. The summed E-state index contributed by atoms with van der Waals surface area (Å²) in [6.45, 7) is 0.196. The molecule has 0 aliphatic carbocycles. The van der Waals surface area contributed by atoms with Gasteiger partial charge >= 0.3 is 12.1 Å². The molecule has 6 heteroatoms. The second-order valence-corrected chi connectivity index (χ2v) is 6.42. The van der Waals surface area contributed by atoms with Gasteiger partial charge in [-0.15, -0.1) is 0 Å². The van der Waals surface area contributed by atoms with Gasteiger partial charge in [0.25, 0.3) is 0 Å². The molecule has 1 heterocycles. The van der Waals surface area contributed by atoms with Crippen LogP contribution in [0.15, 0.2) is 60.7 Å². The predicted octanol–water partition coefficient (Wildman–Crippen LogP) is 2.85.